The van der Waals surface area contributed by atoms with Gasteiger partial charge in [-0.2, -0.15) is 0 Å². The first-order valence-electron chi connectivity index (χ1n) is 13.7. The standard InChI is InChI=1S/C29H35F2N5O4S2/c1-16-18(5-6-20(30)24(16)31)19-11-21(25-32-7-10-42-25)33-22(23(19)26(37)40-4)14-34-8-9-36-17(12-34)13-35(28(36)41)15-29(2,3)27(38)39/h5-7,10-11,17,19,28,33,41H,8-9,12-15H2,1-4H3,(H,38,39)/t17-,19-,28?/m0/s1. The van der Waals surface area contributed by atoms with Crippen molar-refractivity contribution in [2.45, 2.75) is 38.2 Å². The Balaban J connectivity index is 1.45. The first-order chi connectivity index (χ1) is 19.9. The van der Waals surface area contributed by atoms with Crippen molar-refractivity contribution in [2.24, 2.45) is 5.41 Å². The number of rotatable bonds is 8. The van der Waals surface area contributed by atoms with Gasteiger partial charge in [0.05, 0.1) is 23.8 Å². The second-order valence-electron chi connectivity index (χ2n) is 11.6. The van der Waals surface area contributed by atoms with E-state index in [1.54, 1.807) is 20.0 Å². The summed E-state index contributed by atoms with van der Waals surface area (Å²) in [4.78, 5) is 36.1. The monoisotopic (exact) mass is 619 g/mol. The summed E-state index contributed by atoms with van der Waals surface area (Å²) in [5.74, 6) is -4.00. The number of fused-ring (bicyclic) bond motifs is 1. The Hall–Kier alpha value is -2.84. The molecular formula is C29H35F2N5O4S2. The van der Waals surface area contributed by atoms with Crippen molar-refractivity contribution >= 4 is 41.6 Å². The average molecular weight is 620 g/mol. The molecule has 4 heterocycles. The number of ether oxygens (including phenoxy) is 1. The molecule has 5 rings (SSSR count). The van der Waals surface area contributed by atoms with Gasteiger partial charge >= 0.3 is 11.9 Å². The van der Waals surface area contributed by atoms with E-state index in [4.69, 9.17) is 17.4 Å². The first-order valence-corrected chi connectivity index (χ1v) is 15.1. The van der Waals surface area contributed by atoms with E-state index in [-0.39, 0.29) is 17.1 Å². The summed E-state index contributed by atoms with van der Waals surface area (Å²) in [6.45, 7) is 8.44. The number of carbonyl (C=O) groups excluding carboxylic acids is 1. The van der Waals surface area contributed by atoms with Crippen LogP contribution in [0.15, 0.2) is 41.1 Å². The normalized spacial score (nSPS) is 23.9. The number of thiol groups is 1. The number of carboxylic acid groups (broad SMARTS) is 1. The fourth-order valence-corrected chi connectivity index (χ4v) is 7.09. The number of hydrogen-bond donors (Lipinski definition) is 3. The third-order valence-electron chi connectivity index (χ3n) is 8.28. The maximum atomic E-state index is 14.7. The summed E-state index contributed by atoms with van der Waals surface area (Å²) < 4.78 is 34.0. The van der Waals surface area contributed by atoms with Gasteiger partial charge in [0.25, 0.3) is 0 Å². The number of dihydropyridines is 1. The van der Waals surface area contributed by atoms with Crippen LogP contribution in [0.2, 0.25) is 0 Å². The molecule has 0 amide bonds. The van der Waals surface area contributed by atoms with Crippen LogP contribution in [0, 0.1) is 24.0 Å². The van der Waals surface area contributed by atoms with Crippen molar-refractivity contribution in [1.82, 2.24) is 25.0 Å². The highest BCUT2D eigenvalue weighted by atomic mass is 32.1. The number of halogens is 2. The van der Waals surface area contributed by atoms with Crippen LogP contribution in [0.1, 0.15) is 35.9 Å². The first kappa shape index (κ1) is 30.6. The third kappa shape index (κ3) is 5.85. The van der Waals surface area contributed by atoms with E-state index in [0.29, 0.717) is 66.8 Å². The van der Waals surface area contributed by atoms with Gasteiger partial charge in [-0.05, 0) is 44.0 Å². The number of benzene rings is 1. The van der Waals surface area contributed by atoms with Crippen LogP contribution in [0.25, 0.3) is 5.70 Å². The second-order valence-corrected chi connectivity index (χ2v) is 12.9. The van der Waals surface area contributed by atoms with Gasteiger partial charge in [0, 0.05) is 68.5 Å². The third-order valence-corrected chi connectivity index (χ3v) is 9.71. The lowest BCUT2D eigenvalue weighted by molar-refractivity contribution is -0.148. The van der Waals surface area contributed by atoms with E-state index in [0.717, 1.165) is 6.07 Å². The SMILES string of the molecule is COC(=O)C1=C(CN2CCN3C(S)N(CC(C)(C)C(=O)O)C[C@@H]3C2)NC(c2nccs2)=C[C@H]1c1ccc(F)c(F)c1C. The number of hydrogen-bond acceptors (Lipinski definition) is 10. The molecule has 1 unspecified atom stereocenters. The summed E-state index contributed by atoms with van der Waals surface area (Å²) in [6.07, 6.45) is 3.50. The van der Waals surface area contributed by atoms with Crippen LogP contribution >= 0.6 is 24.0 Å². The number of allylic oxidation sites excluding steroid dienone is 1. The van der Waals surface area contributed by atoms with Crippen molar-refractivity contribution < 1.29 is 28.2 Å². The maximum Gasteiger partial charge on any atom is 0.336 e. The van der Waals surface area contributed by atoms with Gasteiger partial charge < -0.3 is 15.2 Å². The van der Waals surface area contributed by atoms with Crippen LogP contribution in [-0.2, 0) is 14.3 Å². The average Bonchev–Trinajstić information content (AvgIpc) is 3.59. The molecule has 0 aliphatic carbocycles. The molecule has 2 N–H and O–H groups in total. The van der Waals surface area contributed by atoms with E-state index in [9.17, 15) is 23.5 Å². The predicted molar refractivity (Wildman–Crippen MR) is 159 cm³/mol. The molecule has 9 nitrogen and oxygen atoms in total. The molecule has 13 heteroatoms. The van der Waals surface area contributed by atoms with Crippen molar-refractivity contribution in [1.29, 1.82) is 0 Å². The zero-order valence-corrected chi connectivity index (χ0v) is 25.6. The van der Waals surface area contributed by atoms with Crippen LogP contribution in [-0.4, -0.2) is 94.6 Å². The van der Waals surface area contributed by atoms with E-state index < -0.39 is 34.9 Å². The molecule has 3 atom stereocenters. The quantitative estimate of drug-likeness (QED) is 0.303. The van der Waals surface area contributed by atoms with Crippen molar-refractivity contribution in [2.75, 3.05) is 46.4 Å². The fraction of sp³-hybridized carbons (Fsp3) is 0.483. The highest BCUT2D eigenvalue weighted by molar-refractivity contribution is 7.80. The molecule has 1 aromatic carbocycles. The number of nitrogens with zero attached hydrogens (tertiary/aromatic N) is 4. The number of aromatic nitrogens is 1. The number of carboxylic acids is 1. The van der Waals surface area contributed by atoms with E-state index >= 15 is 0 Å². The maximum absolute atomic E-state index is 14.7. The van der Waals surface area contributed by atoms with Gasteiger partial charge in [0.2, 0.25) is 0 Å². The minimum atomic E-state index is -0.949. The van der Waals surface area contributed by atoms with E-state index in [1.165, 1.54) is 31.4 Å². The molecule has 0 bridgehead atoms. The zero-order chi connectivity index (χ0) is 30.3. The highest BCUT2D eigenvalue weighted by Gasteiger charge is 2.44. The minimum absolute atomic E-state index is 0.120. The van der Waals surface area contributed by atoms with Gasteiger partial charge in [0.1, 0.15) is 10.5 Å². The van der Waals surface area contributed by atoms with Crippen molar-refractivity contribution in [3.05, 3.63) is 68.8 Å². The van der Waals surface area contributed by atoms with Crippen molar-refractivity contribution in [3.63, 3.8) is 0 Å². The molecule has 3 aliphatic heterocycles. The summed E-state index contributed by atoms with van der Waals surface area (Å²) in [5.41, 5.74) is 1.12. The van der Waals surface area contributed by atoms with E-state index in [2.05, 4.69) is 25.0 Å². The summed E-state index contributed by atoms with van der Waals surface area (Å²) in [6, 6.07) is 2.71. The lowest BCUT2D eigenvalue weighted by Gasteiger charge is -2.40. The Morgan fingerprint density at radius 3 is 2.69 bits per heavy atom. The van der Waals surface area contributed by atoms with Gasteiger partial charge in [-0.15, -0.1) is 24.0 Å². The Bertz CT molecular complexity index is 1430. The number of methoxy groups -OCH3 is 1. The molecule has 226 valence electrons. The van der Waals surface area contributed by atoms with Gasteiger partial charge in [0.15, 0.2) is 11.6 Å². The Morgan fingerprint density at radius 1 is 1.26 bits per heavy atom. The molecule has 0 radical (unpaired) electrons. The lowest BCUT2D eigenvalue weighted by Crippen LogP contribution is -2.53. The van der Waals surface area contributed by atoms with Gasteiger partial charge in [-0.3, -0.25) is 19.5 Å². The number of esters is 1. The summed E-state index contributed by atoms with van der Waals surface area (Å²) >= 11 is 6.24. The Labute approximate surface area is 253 Å². The van der Waals surface area contributed by atoms with Gasteiger partial charge in [-0.25, -0.2) is 18.6 Å². The van der Waals surface area contributed by atoms with E-state index in [1.807, 2.05) is 11.5 Å². The predicted octanol–water partition coefficient (Wildman–Crippen LogP) is 3.51. The molecular weight excluding hydrogens is 584 g/mol. The lowest BCUT2D eigenvalue weighted by atomic mass is 9.84. The molecule has 0 spiro atoms. The molecule has 0 saturated carbocycles. The number of nitrogens with one attached hydrogen (secondary N) is 1. The van der Waals surface area contributed by atoms with Crippen LogP contribution in [0.5, 0.6) is 0 Å². The van der Waals surface area contributed by atoms with Crippen LogP contribution in [0.4, 0.5) is 8.78 Å². The van der Waals surface area contributed by atoms with Crippen molar-refractivity contribution in [3.8, 4) is 0 Å². The largest absolute Gasteiger partial charge is 0.481 e. The molecule has 2 fully saturated rings. The molecule has 2 saturated heterocycles. The molecule has 1 aromatic heterocycles. The number of aliphatic carboxylic acids is 1. The summed E-state index contributed by atoms with van der Waals surface area (Å²) in [5, 5.41) is 15.6. The molecule has 3 aliphatic rings. The van der Waals surface area contributed by atoms with Crippen LogP contribution in [0.3, 0.4) is 0 Å². The minimum Gasteiger partial charge on any atom is -0.481 e. The molecule has 2 aromatic rings. The summed E-state index contributed by atoms with van der Waals surface area (Å²) in [7, 11) is 1.31. The topological polar surface area (TPSA) is 98.2 Å². The smallest absolute Gasteiger partial charge is 0.336 e. The zero-order valence-electron chi connectivity index (χ0n) is 23.9. The fourth-order valence-electron chi connectivity index (χ4n) is 5.99. The number of thiazole rings is 1. The Morgan fingerprint density at radius 2 is 2.02 bits per heavy atom. The number of piperazine rings is 1. The molecule has 42 heavy (non-hydrogen) atoms. The van der Waals surface area contributed by atoms with Gasteiger partial charge in [-0.1, -0.05) is 6.07 Å². The second kappa shape index (κ2) is 12.0. The Kier molecular flexibility index (Phi) is 8.77. The highest BCUT2D eigenvalue weighted by Crippen LogP contribution is 2.39. The van der Waals surface area contributed by atoms with Crippen LogP contribution < -0.4 is 5.32 Å². The number of carbonyl (C=O) groups is 2.